The van der Waals surface area contributed by atoms with Gasteiger partial charge in [-0.25, -0.2) is 0 Å². The molecule has 2 rings (SSSR count). The fraction of sp³-hybridized carbons (Fsp3) is 0.929. The molecule has 2 saturated carbocycles. The van der Waals surface area contributed by atoms with E-state index in [2.05, 4.69) is 5.32 Å². The Hall–Kier alpha value is -0.570. The lowest BCUT2D eigenvalue weighted by Crippen LogP contribution is -2.37. The summed E-state index contributed by atoms with van der Waals surface area (Å²) in [6, 6.07) is 0.544. The molecule has 0 aliphatic heterocycles. The third kappa shape index (κ3) is 4.30. The predicted octanol–water partition coefficient (Wildman–Crippen LogP) is 2.17. The van der Waals surface area contributed by atoms with Gasteiger partial charge in [-0.15, -0.1) is 0 Å². The normalized spacial score (nSPS) is 20.8. The average molecular weight is 238 g/mol. The molecule has 2 aliphatic carbocycles. The van der Waals surface area contributed by atoms with Gasteiger partial charge in [0.25, 0.3) is 0 Å². The second kappa shape index (κ2) is 6.39. The smallest absolute Gasteiger partial charge is 0.236 e. The molecule has 0 heterocycles. The topological polar surface area (TPSA) is 32.3 Å². The van der Waals surface area contributed by atoms with E-state index in [0.29, 0.717) is 12.6 Å². The van der Waals surface area contributed by atoms with Crippen LogP contribution in [0.4, 0.5) is 0 Å². The molecule has 2 fully saturated rings. The van der Waals surface area contributed by atoms with Crippen molar-refractivity contribution in [2.45, 2.75) is 57.4 Å². The van der Waals surface area contributed by atoms with Gasteiger partial charge in [0.15, 0.2) is 0 Å². The quantitative estimate of drug-likeness (QED) is 0.689. The molecule has 17 heavy (non-hydrogen) atoms. The van der Waals surface area contributed by atoms with Crippen molar-refractivity contribution in [3.05, 3.63) is 0 Å². The van der Waals surface area contributed by atoms with Crippen molar-refractivity contribution in [2.24, 2.45) is 5.92 Å². The highest BCUT2D eigenvalue weighted by Gasteiger charge is 2.28. The van der Waals surface area contributed by atoms with Crippen molar-refractivity contribution in [3.63, 3.8) is 0 Å². The fourth-order valence-corrected chi connectivity index (χ4v) is 2.80. The monoisotopic (exact) mass is 238 g/mol. The molecule has 0 atom stereocenters. The summed E-state index contributed by atoms with van der Waals surface area (Å²) < 4.78 is 0. The van der Waals surface area contributed by atoms with Crippen LogP contribution in [0.15, 0.2) is 0 Å². The van der Waals surface area contributed by atoms with Crippen LogP contribution in [0.5, 0.6) is 0 Å². The van der Waals surface area contributed by atoms with Gasteiger partial charge >= 0.3 is 0 Å². The molecule has 0 saturated heterocycles. The van der Waals surface area contributed by atoms with Crippen LogP contribution in [0, 0.1) is 5.92 Å². The van der Waals surface area contributed by atoms with Crippen molar-refractivity contribution in [3.8, 4) is 0 Å². The maximum atomic E-state index is 11.7. The minimum absolute atomic E-state index is 0.258. The Morgan fingerprint density at radius 2 is 1.94 bits per heavy atom. The third-order valence-corrected chi connectivity index (χ3v) is 4.20. The maximum Gasteiger partial charge on any atom is 0.236 e. The van der Waals surface area contributed by atoms with Gasteiger partial charge in [0.05, 0.1) is 6.54 Å². The van der Waals surface area contributed by atoms with E-state index in [1.165, 1.54) is 51.4 Å². The van der Waals surface area contributed by atoms with Crippen LogP contribution in [0.2, 0.25) is 0 Å². The van der Waals surface area contributed by atoms with Crippen LogP contribution in [0.1, 0.15) is 51.4 Å². The Morgan fingerprint density at radius 3 is 2.59 bits per heavy atom. The van der Waals surface area contributed by atoms with E-state index >= 15 is 0 Å². The lowest BCUT2D eigenvalue weighted by atomic mass is 10.0. The number of amides is 1. The van der Waals surface area contributed by atoms with Gasteiger partial charge < -0.3 is 10.2 Å². The Labute approximate surface area is 105 Å². The summed E-state index contributed by atoms with van der Waals surface area (Å²) in [5, 5.41) is 3.28. The summed E-state index contributed by atoms with van der Waals surface area (Å²) in [5.41, 5.74) is 0. The zero-order valence-corrected chi connectivity index (χ0v) is 11.1. The summed E-state index contributed by atoms with van der Waals surface area (Å²) in [4.78, 5) is 13.6. The second-order valence-corrected chi connectivity index (χ2v) is 5.71. The van der Waals surface area contributed by atoms with E-state index in [-0.39, 0.29) is 5.91 Å². The number of nitrogens with zero attached hydrogens (tertiary/aromatic N) is 1. The van der Waals surface area contributed by atoms with E-state index in [1.807, 2.05) is 11.9 Å². The Balaban J connectivity index is 1.46. The van der Waals surface area contributed by atoms with Gasteiger partial charge in [0.1, 0.15) is 0 Å². The highest BCUT2D eigenvalue weighted by molar-refractivity contribution is 5.78. The first-order chi connectivity index (χ1) is 8.27. The molecule has 0 aromatic carbocycles. The Bertz CT molecular complexity index is 245. The number of rotatable bonds is 7. The zero-order chi connectivity index (χ0) is 12.1. The number of carbonyl (C=O) groups excluding carboxylic acids is 1. The summed E-state index contributed by atoms with van der Waals surface area (Å²) in [6.07, 6.45) is 10.7. The molecule has 98 valence electrons. The van der Waals surface area contributed by atoms with Gasteiger partial charge in [0.2, 0.25) is 5.91 Å². The van der Waals surface area contributed by atoms with Crippen molar-refractivity contribution in [1.82, 2.24) is 10.2 Å². The van der Waals surface area contributed by atoms with E-state index in [1.54, 1.807) is 0 Å². The van der Waals surface area contributed by atoms with Crippen molar-refractivity contribution in [1.29, 1.82) is 0 Å². The summed E-state index contributed by atoms with van der Waals surface area (Å²) in [7, 11) is 1.93. The standard InChI is InChI=1S/C14H26N2O/c1-16(13-8-9-13)14(17)11-15-10-4-7-12-5-2-3-6-12/h12-13,15H,2-11H2,1H3. The summed E-state index contributed by atoms with van der Waals surface area (Å²) >= 11 is 0. The predicted molar refractivity (Wildman–Crippen MR) is 69.9 cm³/mol. The fourth-order valence-electron chi connectivity index (χ4n) is 2.80. The van der Waals surface area contributed by atoms with E-state index in [4.69, 9.17) is 0 Å². The first-order valence-corrected chi connectivity index (χ1v) is 7.24. The molecule has 2 aliphatic rings. The van der Waals surface area contributed by atoms with Crippen LogP contribution in [-0.2, 0) is 4.79 Å². The molecule has 0 spiro atoms. The van der Waals surface area contributed by atoms with Crippen molar-refractivity contribution in [2.75, 3.05) is 20.1 Å². The SMILES string of the molecule is CN(C(=O)CNCCCC1CCCC1)C1CC1. The molecule has 3 heteroatoms. The lowest BCUT2D eigenvalue weighted by molar-refractivity contribution is -0.129. The number of likely N-dealkylation sites (N-methyl/N-ethyl adjacent to an activating group) is 1. The van der Waals surface area contributed by atoms with Crippen LogP contribution in [-0.4, -0.2) is 37.0 Å². The Kier molecular flexibility index (Phi) is 4.84. The van der Waals surface area contributed by atoms with Gasteiger partial charge in [-0.3, -0.25) is 4.79 Å². The molecule has 1 amide bonds. The van der Waals surface area contributed by atoms with Crippen molar-refractivity contribution < 1.29 is 4.79 Å². The molecular formula is C14H26N2O. The second-order valence-electron chi connectivity index (χ2n) is 5.71. The Morgan fingerprint density at radius 1 is 1.24 bits per heavy atom. The molecule has 1 N–H and O–H groups in total. The van der Waals surface area contributed by atoms with Gasteiger partial charge in [-0.2, -0.15) is 0 Å². The van der Waals surface area contributed by atoms with Crippen LogP contribution in [0.25, 0.3) is 0 Å². The van der Waals surface area contributed by atoms with Gasteiger partial charge in [-0.1, -0.05) is 25.7 Å². The minimum atomic E-state index is 0.258. The average Bonchev–Trinajstić information content (AvgIpc) is 3.05. The molecular weight excluding hydrogens is 212 g/mol. The first kappa shape index (κ1) is 12.9. The van der Waals surface area contributed by atoms with Crippen LogP contribution in [0.3, 0.4) is 0 Å². The number of hydrogen-bond acceptors (Lipinski definition) is 2. The zero-order valence-electron chi connectivity index (χ0n) is 11.1. The highest BCUT2D eigenvalue weighted by Crippen LogP contribution is 2.28. The van der Waals surface area contributed by atoms with Crippen LogP contribution >= 0.6 is 0 Å². The molecule has 0 bridgehead atoms. The third-order valence-electron chi connectivity index (χ3n) is 4.20. The van der Waals surface area contributed by atoms with Crippen molar-refractivity contribution >= 4 is 5.91 Å². The van der Waals surface area contributed by atoms with Gasteiger partial charge in [-0.05, 0) is 38.1 Å². The first-order valence-electron chi connectivity index (χ1n) is 7.24. The minimum Gasteiger partial charge on any atom is -0.342 e. The lowest BCUT2D eigenvalue weighted by Gasteiger charge is -2.16. The number of nitrogens with one attached hydrogen (secondary N) is 1. The highest BCUT2D eigenvalue weighted by atomic mass is 16.2. The number of carbonyl (C=O) groups is 1. The summed E-state index contributed by atoms with van der Waals surface area (Å²) in [6.45, 7) is 1.53. The largest absolute Gasteiger partial charge is 0.342 e. The summed E-state index contributed by atoms with van der Waals surface area (Å²) in [5.74, 6) is 1.23. The van der Waals surface area contributed by atoms with Gasteiger partial charge in [0, 0.05) is 13.1 Å². The molecule has 0 radical (unpaired) electrons. The van der Waals surface area contributed by atoms with E-state index in [0.717, 1.165) is 12.5 Å². The molecule has 0 unspecified atom stereocenters. The molecule has 3 nitrogen and oxygen atoms in total. The maximum absolute atomic E-state index is 11.7. The van der Waals surface area contributed by atoms with E-state index in [9.17, 15) is 4.79 Å². The molecule has 0 aromatic rings. The van der Waals surface area contributed by atoms with E-state index < -0.39 is 0 Å². The number of hydrogen-bond donors (Lipinski definition) is 1. The van der Waals surface area contributed by atoms with Crippen LogP contribution < -0.4 is 5.32 Å². The molecule has 0 aromatic heterocycles.